The molecule has 9 heteroatoms. The normalized spacial score (nSPS) is 34.3. The van der Waals surface area contributed by atoms with Crippen LogP contribution in [0.15, 0.2) is 48.6 Å². The summed E-state index contributed by atoms with van der Waals surface area (Å²) in [6.07, 6.45) is 11.5. The van der Waals surface area contributed by atoms with Crippen molar-refractivity contribution in [3.05, 3.63) is 70.3 Å². The minimum Gasteiger partial charge on any atom is -0.490 e. The first-order valence-corrected chi connectivity index (χ1v) is 18.3. The van der Waals surface area contributed by atoms with Crippen LogP contribution in [0.4, 0.5) is 5.69 Å². The van der Waals surface area contributed by atoms with Gasteiger partial charge < -0.3 is 14.7 Å². The zero-order valence-corrected chi connectivity index (χ0v) is 27.0. The topological polar surface area (TPSA) is 95.9 Å². The van der Waals surface area contributed by atoms with Gasteiger partial charge >= 0.3 is 0 Å². The van der Waals surface area contributed by atoms with Crippen LogP contribution in [0.25, 0.3) is 0 Å². The standard InChI is InChI=1S/C35H43ClN2O5S/c1-22-5-2-9-31(39)28-13-10-26(28)19-38-20-35(16-4-8-24-17-27(36)12-14-29(24)35)21-43-32-15-11-25(18-30(32)38)34(40)37-44(41,42)33(22)23-6-3-7-23/h2,9,11-12,14-15,17-18,22-23,26,28,31,33,39H,3-8,10,13,16,19-21H2,1H3,(H,37,40)/b9-2+/t22-,26-,28+,31-,33-,35-/m0/s1. The van der Waals surface area contributed by atoms with Crippen LogP contribution in [0.2, 0.25) is 5.02 Å². The van der Waals surface area contributed by atoms with E-state index in [0.717, 1.165) is 68.6 Å². The predicted molar refractivity (Wildman–Crippen MR) is 173 cm³/mol. The average Bonchev–Trinajstić information content (AvgIpc) is 3.09. The molecule has 2 heterocycles. The molecule has 6 atom stereocenters. The highest BCUT2D eigenvalue weighted by molar-refractivity contribution is 7.90. The smallest absolute Gasteiger partial charge is 0.264 e. The van der Waals surface area contributed by atoms with Crippen molar-refractivity contribution in [3.8, 4) is 5.75 Å². The molecule has 2 aliphatic heterocycles. The second-order valence-corrected chi connectivity index (χ2v) is 16.3. The highest BCUT2D eigenvalue weighted by Gasteiger charge is 2.45. The molecule has 1 amide bonds. The average molecular weight is 639 g/mol. The Morgan fingerprint density at radius 3 is 2.66 bits per heavy atom. The Morgan fingerprint density at radius 1 is 1.07 bits per heavy atom. The van der Waals surface area contributed by atoms with Crippen LogP contribution < -0.4 is 14.4 Å². The van der Waals surface area contributed by atoms with E-state index in [1.165, 1.54) is 11.1 Å². The van der Waals surface area contributed by atoms with Gasteiger partial charge in [0.15, 0.2) is 0 Å². The third kappa shape index (κ3) is 5.45. The van der Waals surface area contributed by atoms with Crippen molar-refractivity contribution >= 4 is 33.2 Å². The first kappa shape index (κ1) is 30.1. The minimum absolute atomic E-state index is 0.0314. The summed E-state index contributed by atoms with van der Waals surface area (Å²) < 4.78 is 36.6. The molecule has 236 valence electrons. The number of ether oxygens (including phenoxy) is 1. The summed E-state index contributed by atoms with van der Waals surface area (Å²) in [6, 6.07) is 11.5. The lowest BCUT2D eigenvalue weighted by Crippen LogP contribution is -2.49. The van der Waals surface area contributed by atoms with E-state index >= 15 is 0 Å². The summed E-state index contributed by atoms with van der Waals surface area (Å²) in [5, 5.41) is 11.3. The second-order valence-electron chi connectivity index (χ2n) is 14.1. The molecule has 2 saturated carbocycles. The number of aliphatic hydroxyl groups is 1. The Hall–Kier alpha value is -2.55. The predicted octanol–water partition coefficient (Wildman–Crippen LogP) is 6.02. The van der Waals surface area contributed by atoms with E-state index in [1.54, 1.807) is 6.07 Å². The summed E-state index contributed by atoms with van der Waals surface area (Å²) in [4.78, 5) is 16.0. The van der Waals surface area contributed by atoms with Crippen LogP contribution in [-0.2, 0) is 21.9 Å². The molecule has 2 bridgehead atoms. The van der Waals surface area contributed by atoms with Crippen LogP contribution in [-0.4, -0.2) is 50.5 Å². The molecule has 3 aliphatic carbocycles. The third-order valence-electron chi connectivity index (χ3n) is 11.3. The molecule has 1 spiro atoms. The number of fused-ring (bicyclic) bond motifs is 4. The van der Waals surface area contributed by atoms with Gasteiger partial charge in [0.1, 0.15) is 5.75 Å². The van der Waals surface area contributed by atoms with Gasteiger partial charge in [-0.15, -0.1) is 0 Å². The number of benzene rings is 2. The fourth-order valence-corrected chi connectivity index (χ4v) is 10.8. The van der Waals surface area contributed by atoms with Gasteiger partial charge in [0, 0.05) is 29.1 Å². The van der Waals surface area contributed by atoms with E-state index in [-0.39, 0.29) is 29.1 Å². The number of allylic oxidation sites excluding steroid dienone is 1. The van der Waals surface area contributed by atoms with Crippen molar-refractivity contribution in [2.24, 2.45) is 23.7 Å². The number of amides is 1. The van der Waals surface area contributed by atoms with E-state index in [4.69, 9.17) is 16.3 Å². The molecule has 44 heavy (non-hydrogen) atoms. The Morgan fingerprint density at radius 2 is 1.91 bits per heavy atom. The fraction of sp³-hybridized carbons (Fsp3) is 0.571. The van der Waals surface area contributed by atoms with Crippen molar-refractivity contribution in [3.63, 3.8) is 0 Å². The molecule has 7 rings (SSSR count). The third-order valence-corrected chi connectivity index (χ3v) is 13.6. The van der Waals surface area contributed by atoms with Gasteiger partial charge in [-0.3, -0.25) is 4.79 Å². The molecule has 0 unspecified atom stereocenters. The lowest BCUT2D eigenvalue weighted by Gasteiger charge is -2.45. The Labute approximate surface area is 266 Å². The van der Waals surface area contributed by atoms with Gasteiger partial charge in [-0.05, 0) is 116 Å². The quantitative estimate of drug-likeness (QED) is 0.371. The first-order valence-electron chi connectivity index (χ1n) is 16.3. The maximum atomic E-state index is 13.8. The molecular weight excluding hydrogens is 596 g/mol. The van der Waals surface area contributed by atoms with Crippen molar-refractivity contribution < 1.29 is 23.1 Å². The summed E-state index contributed by atoms with van der Waals surface area (Å²) in [5.74, 6) is 0.370. The molecule has 2 aromatic rings. The SMILES string of the molecule is C[C@H]1C/C=C/[C@H](O)[C@@H]2CC[C@H]2CN2C[C@@]3(CCCc4cc(Cl)ccc43)COc3ccc(cc32)C(=O)NS(=O)(=O)[C@@H]1C1CCC1. The van der Waals surface area contributed by atoms with Gasteiger partial charge in [0.2, 0.25) is 10.0 Å². The molecule has 0 saturated heterocycles. The molecule has 7 nitrogen and oxygen atoms in total. The van der Waals surface area contributed by atoms with E-state index in [2.05, 4.69) is 21.8 Å². The van der Waals surface area contributed by atoms with Gasteiger partial charge in [0.05, 0.1) is 23.6 Å². The number of carbonyl (C=O) groups is 1. The Balaban J connectivity index is 1.29. The van der Waals surface area contributed by atoms with Crippen LogP contribution >= 0.6 is 11.6 Å². The van der Waals surface area contributed by atoms with Crippen LogP contribution in [0.5, 0.6) is 5.75 Å². The summed E-state index contributed by atoms with van der Waals surface area (Å²) >= 11 is 6.41. The Bertz CT molecular complexity index is 1570. The first-order chi connectivity index (χ1) is 21.1. The van der Waals surface area contributed by atoms with Crippen molar-refractivity contribution in [2.75, 3.05) is 24.6 Å². The van der Waals surface area contributed by atoms with Crippen molar-refractivity contribution in [1.29, 1.82) is 0 Å². The zero-order chi connectivity index (χ0) is 30.6. The number of aliphatic hydroxyl groups excluding tert-OH is 1. The highest BCUT2D eigenvalue weighted by atomic mass is 35.5. The number of nitrogens with zero attached hydrogens (tertiary/aromatic N) is 1. The summed E-state index contributed by atoms with van der Waals surface area (Å²) in [6.45, 7) is 3.88. The number of aryl methyl sites for hydroxylation is 1. The largest absolute Gasteiger partial charge is 0.490 e. The number of carbonyl (C=O) groups excluding carboxylic acids is 1. The second kappa shape index (κ2) is 11.7. The minimum atomic E-state index is -3.93. The van der Waals surface area contributed by atoms with Crippen molar-refractivity contribution in [2.45, 2.75) is 81.5 Å². The molecule has 5 aliphatic rings. The maximum Gasteiger partial charge on any atom is 0.264 e. The van der Waals surface area contributed by atoms with Gasteiger partial charge in [-0.2, -0.15) is 0 Å². The van der Waals surface area contributed by atoms with E-state index in [0.29, 0.717) is 30.9 Å². The van der Waals surface area contributed by atoms with E-state index < -0.39 is 27.3 Å². The number of nitrogens with one attached hydrogen (secondary N) is 1. The monoisotopic (exact) mass is 638 g/mol. The van der Waals surface area contributed by atoms with E-state index in [1.807, 2.05) is 37.3 Å². The number of hydrogen-bond donors (Lipinski definition) is 2. The Kier molecular flexibility index (Phi) is 7.99. The molecule has 0 aromatic heterocycles. The molecular formula is C35H43ClN2O5S. The number of hydrogen-bond acceptors (Lipinski definition) is 6. The number of anilines is 1. The fourth-order valence-electron chi connectivity index (χ4n) is 8.57. The van der Waals surface area contributed by atoms with Gasteiger partial charge in [0.25, 0.3) is 5.91 Å². The number of sulfonamides is 1. The number of rotatable bonds is 1. The van der Waals surface area contributed by atoms with E-state index in [9.17, 15) is 18.3 Å². The maximum absolute atomic E-state index is 13.8. The zero-order valence-electron chi connectivity index (χ0n) is 25.4. The highest BCUT2D eigenvalue weighted by Crippen LogP contribution is 2.47. The van der Waals surface area contributed by atoms with Crippen LogP contribution in [0.1, 0.15) is 79.8 Å². The molecule has 2 aromatic carbocycles. The molecule has 2 N–H and O–H groups in total. The number of halogens is 1. The molecule has 0 radical (unpaired) electrons. The lowest BCUT2D eigenvalue weighted by molar-refractivity contribution is 0.0455. The van der Waals surface area contributed by atoms with Crippen LogP contribution in [0.3, 0.4) is 0 Å². The lowest BCUT2D eigenvalue weighted by atomic mass is 9.68. The summed E-state index contributed by atoms with van der Waals surface area (Å²) in [5.41, 5.74) is 3.38. The van der Waals surface area contributed by atoms with Crippen LogP contribution in [0, 0.1) is 23.7 Å². The summed E-state index contributed by atoms with van der Waals surface area (Å²) in [7, 11) is -3.93. The van der Waals surface area contributed by atoms with Gasteiger partial charge in [-0.25, -0.2) is 13.1 Å². The van der Waals surface area contributed by atoms with Gasteiger partial charge in [-0.1, -0.05) is 43.2 Å². The van der Waals surface area contributed by atoms with Crippen molar-refractivity contribution in [1.82, 2.24) is 4.72 Å². The molecule has 2 fully saturated rings.